The van der Waals surface area contributed by atoms with Crippen molar-refractivity contribution in [3.05, 3.63) is 60.4 Å². The van der Waals surface area contributed by atoms with Crippen LogP contribution < -0.4 is 4.72 Å². The minimum absolute atomic E-state index is 0. The van der Waals surface area contributed by atoms with Crippen LogP contribution in [0.15, 0.2) is 59.5 Å². The van der Waals surface area contributed by atoms with Crippen molar-refractivity contribution in [3.63, 3.8) is 0 Å². The summed E-state index contributed by atoms with van der Waals surface area (Å²) < 4.78 is 39.1. The maximum Gasteiger partial charge on any atom is 0.261 e. The molecule has 3 nitrogen and oxygen atoms in total. The van der Waals surface area contributed by atoms with Crippen LogP contribution in [0.25, 0.3) is 0 Å². The van der Waals surface area contributed by atoms with Crippen molar-refractivity contribution in [1.29, 1.82) is 0 Å². The topological polar surface area (TPSA) is 46.2 Å². The van der Waals surface area contributed by atoms with Crippen LogP contribution in [-0.4, -0.2) is 8.42 Å². The van der Waals surface area contributed by atoms with Crippen molar-refractivity contribution < 1.29 is 12.8 Å². The molecule has 0 fully saturated rings. The molecule has 0 spiro atoms. The molecule has 0 unspecified atom stereocenters. The molecule has 0 bridgehead atoms. The zero-order valence-corrected chi connectivity index (χ0v) is 10.8. The third kappa shape index (κ3) is 3.45. The number of benzene rings is 2. The molecule has 0 saturated heterocycles. The van der Waals surface area contributed by atoms with Crippen molar-refractivity contribution in [2.24, 2.45) is 0 Å². The van der Waals surface area contributed by atoms with Crippen molar-refractivity contribution >= 4 is 28.1 Å². The van der Waals surface area contributed by atoms with E-state index < -0.39 is 15.8 Å². The first-order chi connectivity index (χ1) is 8.08. The summed E-state index contributed by atoms with van der Waals surface area (Å²) in [6, 6.07) is 13.3. The molecule has 0 aromatic heterocycles. The minimum Gasteiger partial charge on any atom is -0.280 e. The Balaban J connectivity index is 0.00000162. The summed E-state index contributed by atoms with van der Waals surface area (Å²) in [7, 11) is -3.73. The van der Waals surface area contributed by atoms with E-state index in [1.54, 1.807) is 30.3 Å². The average Bonchev–Trinajstić information content (AvgIpc) is 2.30. The number of nitrogens with one attached hydrogen (secondary N) is 1. The van der Waals surface area contributed by atoms with Crippen molar-refractivity contribution in [2.75, 3.05) is 4.72 Å². The Labute approximate surface area is 111 Å². The molecule has 6 heteroatoms. The molecule has 18 heavy (non-hydrogen) atoms. The lowest BCUT2D eigenvalue weighted by molar-refractivity contribution is 0.595. The predicted molar refractivity (Wildman–Crippen MR) is 70.9 cm³/mol. The second kappa shape index (κ2) is 5.84. The van der Waals surface area contributed by atoms with Crippen LogP contribution in [0.2, 0.25) is 0 Å². The van der Waals surface area contributed by atoms with Crippen molar-refractivity contribution in [3.8, 4) is 0 Å². The van der Waals surface area contributed by atoms with Gasteiger partial charge in [0.1, 0.15) is 5.82 Å². The van der Waals surface area contributed by atoms with Gasteiger partial charge in [0.2, 0.25) is 0 Å². The fourth-order valence-corrected chi connectivity index (χ4v) is 2.44. The summed E-state index contributed by atoms with van der Waals surface area (Å²) in [5.74, 6) is -0.582. The molecular weight excluding hydrogens is 277 g/mol. The van der Waals surface area contributed by atoms with Gasteiger partial charge in [-0.15, -0.1) is 12.4 Å². The van der Waals surface area contributed by atoms with E-state index in [-0.39, 0.29) is 17.3 Å². The van der Waals surface area contributed by atoms with Crippen LogP contribution in [0.1, 0.15) is 0 Å². The summed E-state index contributed by atoms with van der Waals surface area (Å²) in [5.41, 5.74) is 0.441. The molecule has 0 aliphatic rings. The van der Waals surface area contributed by atoms with Crippen LogP contribution in [0.3, 0.4) is 0 Å². The zero-order valence-electron chi connectivity index (χ0n) is 9.21. The lowest BCUT2D eigenvalue weighted by Gasteiger charge is -2.07. The Hall–Kier alpha value is -1.59. The summed E-state index contributed by atoms with van der Waals surface area (Å²) in [6.07, 6.45) is 0. The molecule has 0 amide bonds. The van der Waals surface area contributed by atoms with Crippen LogP contribution in [0.5, 0.6) is 0 Å². The van der Waals surface area contributed by atoms with Crippen LogP contribution in [0.4, 0.5) is 10.1 Å². The Morgan fingerprint density at radius 3 is 2.22 bits per heavy atom. The van der Waals surface area contributed by atoms with E-state index >= 15 is 0 Å². The van der Waals surface area contributed by atoms with Crippen LogP contribution >= 0.6 is 12.4 Å². The van der Waals surface area contributed by atoms with E-state index in [9.17, 15) is 12.8 Å². The largest absolute Gasteiger partial charge is 0.280 e. The fourth-order valence-electron chi connectivity index (χ4n) is 1.35. The first-order valence-corrected chi connectivity index (χ1v) is 6.40. The summed E-state index contributed by atoms with van der Waals surface area (Å²) in [6.45, 7) is 0. The third-order valence-corrected chi connectivity index (χ3v) is 3.51. The standard InChI is InChI=1S/C12H10FNO2S.ClH/c13-10-5-4-8-12(9-10)17(15,16)14-11-6-2-1-3-7-11;/h1-9,14H;1H. The van der Waals surface area contributed by atoms with Crippen LogP contribution in [-0.2, 0) is 10.0 Å². The number of sulfonamides is 1. The fraction of sp³-hybridized carbons (Fsp3) is 0. The van der Waals surface area contributed by atoms with E-state index in [4.69, 9.17) is 0 Å². The number of anilines is 1. The lowest BCUT2D eigenvalue weighted by Crippen LogP contribution is -2.12. The van der Waals surface area contributed by atoms with E-state index in [1.807, 2.05) is 0 Å². The molecule has 2 aromatic rings. The molecule has 0 saturated carbocycles. The van der Waals surface area contributed by atoms with Gasteiger partial charge in [-0.1, -0.05) is 24.3 Å². The monoisotopic (exact) mass is 287 g/mol. The quantitative estimate of drug-likeness (QED) is 0.943. The van der Waals surface area contributed by atoms with Gasteiger partial charge in [-0.25, -0.2) is 12.8 Å². The maximum absolute atomic E-state index is 12.9. The van der Waals surface area contributed by atoms with Gasteiger partial charge in [-0.05, 0) is 30.3 Å². The first-order valence-electron chi connectivity index (χ1n) is 4.91. The molecule has 2 aromatic carbocycles. The maximum atomic E-state index is 12.9. The predicted octanol–water partition coefficient (Wildman–Crippen LogP) is 3.05. The van der Waals surface area contributed by atoms with Crippen molar-refractivity contribution in [1.82, 2.24) is 0 Å². The molecule has 0 atom stereocenters. The van der Waals surface area contributed by atoms with Gasteiger partial charge in [0.15, 0.2) is 0 Å². The van der Waals surface area contributed by atoms with Gasteiger partial charge in [-0.2, -0.15) is 0 Å². The molecule has 0 aliphatic heterocycles. The first kappa shape index (κ1) is 14.5. The highest BCUT2D eigenvalue weighted by molar-refractivity contribution is 7.92. The Morgan fingerprint density at radius 2 is 1.61 bits per heavy atom. The molecule has 0 aliphatic carbocycles. The highest BCUT2D eigenvalue weighted by Gasteiger charge is 2.14. The molecule has 0 heterocycles. The molecule has 96 valence electrons. The third-order valence-electron chi connectivity index (χ3n) is 2.13. The highest BCUT2D eigenvalue weighted by atomic mass is 35.5. The number of hydrogen-bond acceptors (Lipinski definition) is 2. The number of para-hydroxylation sites is 1. The van der Waals surface area contributed by atoms with Gasteiger partial charge in [-0.3, -0.25) is 4.72 Å². The zero-order chi connectivity index (χ0) is 12.3. The van der Waals surface area contributed by atoms with Crippen molar-refractivity contribution in [2.45, 2.75) is 4.90 Å². The summed E-state index contributed by atoms with van der Waals surface area (Å²) in [4.78, 5) is -0.0960. The van der Waals surface area contributed by atoms with Gasteiger partial charge < -0.3 is 0 Å². The van der Waals surface area contributed by atoms with Gasteiger partial charge in [0, 0.05) is 5.69 Å². The molecule has 2 rings (SSSR count). The SMILES string of the molecule is Cl.O=S(=O)(Nc1ccccc1)c1cccc(F)c1. The average molecular weight is 288 g/mol. The molecule has 0 radical (unpaired) electrons. The highest BCUT2D eigenvalue weighted by Crippen LogP contribution is 2.16. The summed E-state index contributed by atoms with van der Waals surface area (Å²) in [5, 5.41) is 0. The normalized spacial score (nSPS) is 10.5. The van der Waals surface area contributed by atoms with E-state index in [0.717, 1.165) is 6.07 Å². The molecule has 1 N–H and O–H groups in total. The summed E-state index contributed by atoms with van der Waals surface area (Å²) >= 11 is 0. The second-order valence-electron chi connectivity index (χ2n) is 3.43. The smallest absolute Gasteiger partial charge is 0.261 e. The second-order valence-corrected chi connectivity index (χ2v) is 5.11. The Kier molecular flexibility index (Phi) is 4.69. The Bertz CT molecular complexity index is 617. The van der Waals surface area contributed by atoms with Gasteiger partial charge in [0.05, 0.1) is 4.90 Å². The van der Waals surface area contributed by atoms with Crippen LogP contribution in [0, 0.1) is 5.82 Å². The minimum atomic E-state index is -3.73. The number of hydrogen-bond donors (Lipinski definition) is 1. The van der Waals surface area contributed by atoms with E-state index in [0.29, 0.717) is 5.69 Å². The number of rotatable bonds is 3. The van der Waals surface area contributed by atoms with E-state index in [1.165, 1.54) is 18.2 Å². The Morgan fingerprint density at radius 1 is 0.944 bits per heavy atom. The lowest BCUT2D eigenvalue weighted by atomic mass is 10.3. The van der Waals surface area contributed by atoms with Gasteiger partial charge in [0.25, 0.3) is 10.0 Å². The van der Waals surface area contributed by atoms with E-state index in [2.05, 4.69) is 4.72 Å². The molecular formula is C12H11ClFNO2S. The number of halogens is 2. The van der Waals surface area contributed by atoms with Gasteiger partial charge >= 0.3 is 0 Å².